The van der Waals surface area contributed by atoms with Crippen LogP contribution in [0.5, 0.6) is 5.75 Å². The van der Waals surface area contributed by atoms with E-state index < -0.39 is 4.92 Å². The van der Waals surface area contributed by atoms with E-state index in [0.29, 0.717) is 17.6 Å². The summed E-state index contributed by atoms with van der Waals surface area (Å²) in [5, 5.41) is 11.5. The van der Waals surface area contributed by atoms with Crippen LogP contribution in [0.1, 0.15) is 20.3 Å². The molecular formula is C14H14N2O4. The maximum atomic E-state index is 11.1. The van der Waals surface area contributed by atoms with Crippen LogP contribution in [0.15, 0.2) is 30.5 Å². The fraction of sp³-hybridized carbons (Fsp3) is 0.286. The molecule has 6 nitrogen and oxygen atoms in total. The average molecular weight is 274 g/mol. The molecule has 2 aromatic rings. The molecule has 0 saturated heterocycles. The maximum Gasteiger partial charge on any atom is 0.295 e. The number of benzene rings is 1. The first kappa shape index (κ1) is 13.9. The van der Waals surface area contributed by atoms with Crippen molar-refractivity contribution >= 4 is 22.4 Å². The number of nitro benzene ring substituents is 1. The molecule has 1 heterocycles. The van der Waals surface area contributed by atoms with E-state index in [9.17, 15) is 14.9 Å². The predicted molar refractivity (Wildman–Crippen MR) is 73.8 cm³/mol. The van der Waals surface area contributed by atoms with Crippen LogP contribution in [-0.2, 0) is 4.79 Å². The highest BCUT2D eigenvalue weighted by Crippen LogP contribution is 2.31. The van der Waals surface area contributed by atoms with Gasteiger partial charge in [-0.25, -0.2) is 4.98 Å². The fourth-order valence-electron chi connectivity index (χ4n) is 2.04. The number of fused-ring (bicyclic) bond motifs is 1. The monoisotopic (exact) mass is 274 g/mol. The van der Waals surface area contributed by atoms with Crippen molar-refractivity contribution in [2.45, 2.75) is 26.4 Å². The van der Waals surface area contributed by atoms with Gasteiger partial charge in [-0.3, -0.25) is 14.9 Å². The summed E-state index contributed by atoms with van der Waals surface area (Å²) in [6.45, 7) is 3.28. The van der Waals surface area contributed by atoms with Crippen LogP contribution in [0.2, 0.25) is 0 Å². The van der Waals surface area contributed by atoms with Crippen molar-refractivity contribution < 1.29 is 14.5 Å². The number of aromatic nitrogens is 1. The molecule has 0 bridgehead atoms. The van der Waals surface area contributed by atoms with E-state index in [2.05, 4.69) is 4.98 Å². The van der Waals surface area contributed by atoms with Gasteiger partial charge in [-0.05, 0) is 32.0 Å². The number of nitrogens with zero attached hydrogens (tertiary/aromatic N) is 2. The number of non-ortho nitro benzene ring substituents is 1. The second-order valence-corrected chi connectivity index (χ2v) is 4.57. The minimum atomic E-state index is -0.474. The third kappa shape index (κ3) is 2.90. The predicted octanol–water partition coefficient (Wildman–Crippen LogP) is 2.89. The van der Waals surface area contributed by atoms with Crippen LogP contribution in [0.4, 0.5) is 5.69 Å². The third-order valence-electron chi connectivity index (χ3n) is 2.81. The highest BCUT2D eigenvalue weighted by molar-refractivity contribution is 5.92. The molecule has 0 radical (unpaired) electrons. The molecule has 1 unspecified atom stereocenters. The molecule has 0 saturated carbocycles. The molecule has 2 rings (SSSR count). The molecule has 0 aliphatic heterocycles. The van der Waals surface area contributed by atoms with Crippen molar-refractivity contribution in [3.63, 3.8) is 0 Å². The van der Waals surface area contributed by atoms with Crippen LogP contribution < -0.4 is 4.74 Å². The van der Waals surface area contributed by atoms with E-state index in [0.717, 1.165) is 0 Å². The lowest BCUT2D eigenvalue weighted by Gasteiger charge is -2.14. The summed E-state index contributed by atoms with van der Waals surface area (Å²) in [4.78, 5) is 25.6. The Morgan fingerprint density at radius 3 is 2.85 bits per heavy atom. The van der Waals surface area contributed by atoms with E-state index in [4.69, 9.17) is 4.74 Å². The Hall–Kier alpha value is -2.50. The highest BCUT2D eigenvalue weighted by Gasteiger charge is 2.17. The Morgan fingerprint density at radius 2 is 2.20 bits per heavy atom. The summed E-state index contributed by atoms with van der Waals surface area (Å²) in [5.74, 6) is 0.522. The number of hydrogen-bond acceptors (Lipinski definition) is 5. The van der Waals surface area contributed by atoms with Gasteiger partial charge in [0.1, 0.15) is 17.6 Å². The van der Waals surface area contributed by atoms with Crippen LogP contribution >= 0.6 is 0 Å². The zero-order valence-electron chi connectivity index (χ0n) is 11.2. The Labute approximate surface area is 115 Å². The Balaban J connectivity index is 2.43. The van der Waals surface area contributed by atoms with Gasteiger partial charge in [0.2, 0.25) is 0 Å². The van der Waals surface area contributed by atoms with Crippen LogP contribution in [0.3, 0.4) is 0 Å². The molecule has 1 aromatic heterocycles. The fourth-order valence-corrected chi connectivity index (χ4v) is 2.04. The number of rotatable bonds is 5. The van der Waals surface area contributed by atoms with Crippen LogP contribution in [0, 0.1) is 10.1 Å². The van der Waals surface area contributed by atoms with E-state index >= 15 is 0 Å². The molecule has 0 aliphatic carbocycles. The van der Waals surface area contributed by atoms with E-state index in [-0.39, 0.29) is 23.1 Å². The van der Waals surface area contributed by atoms with Gasteiger partial charge in [-0.2, -0.15) is 0 Å². The molecule has 0 aliphatic rings. The summed E-state index contributed by atoms with van der Waals surface area (Å²) < 4.78 is 5.69. The Morgan fingerprint density at radius 1 is 1.45 bits per heavy atom. The largest absolute Gasteiger partial charge is 0.490 e. The number of ketones is 1. The molecule has 0 N–H and O–H groups in total. The van der Waals surface area contributed by atoms with Crippen LogP contribution in [-0.4, -0.2) is 21.8 Å². The summed E-state index contributed by atoms with van der Waals surface area (Å²) in [6.07, 6.45) is 1.49. The summed E-state index contributed by atoms with van der Waals surface area (Å²) >= 11 is 0. The van der Waals surface area contributed by atoms with E-state index in [1.165, 1.54) is 19.2 Å². The van der Waals surface area contributed by atoms with Gasteiger partial charge in [-0.15, -0.1) is 0 Å². The van der Waals surface area contributed by atoms with Crippen molar-refractivity contribution in [1.29, 1.82) is 0 Å². The number of Topliss-reactive ketones (excluding diaryl/α,β-unsaturated/α-hetero) is 1. The van der Waals surface area contributed by atoms with E-state index in [1.807, 2.05) is 0 Å². The number of nitro groups is 1. The molecule has 104 valence electrons. The molecule has 1 aromatic carbocycles. The molecule has 1 atom stereocenters. The molecule has 0 fully saturated rings. The zero-order chi connectivity index (χ0) is 14.7. The van der Waals surface area contributed by atoms with Crippen molar-refractivity contribution in [2.75, 3.05) is 0 Å². The third-order valence-corrected chi connectivity index (χ3v) is 2.81. The average Bonchev–Trinajstić information content (AvgIpc) is 2.37. The van der Waals surface area contributed by atoms with Gasteiger partial charge in [0.15, 0.2) is 5.52 Å². The minimum Gasteiger partial charge on any atom is -0.490 e. The number of carbonyl (C=O) groups is 1. The van der Waals surface area contributed by atoms with Crippen molar-refractivity contribution in [2.24, 2.45) is 0 Å². The molecule has 0 spiro atoms. The summed E-state index contributed by atoms with van der Waals surface area (Å²) in [7, 11) is 0. The number of pyridine rings is 1. The Bertz CT molecular complexity index is 669. The van der Waals surface area contributed by atoms with Gasteiger partial charge in [0.05, 0.1) is 4.92 Å². The van der Waals surface area contributed by atoms with Gasteiger partial charge in [0.25, 0.3) is 5.69 Å². The molecule has 20 heavy (non-hydrogen) atoms. The van der Waals surface area contributed by atoms with E-state index in [1.54, 1.807) is 25.1 Å². The molecule has 0 amide bonds. The van der Waals surface area contributed by atoms with Gasteiger partial charge in [0, 0.05) is 24.1 Å². The molecule has 6 heteroatoms. The lowest BCUT2D eigenvalue weighted by molar-refractivity contribution is -0.383. The SMILES string of the molecule is CC(=O)CC(C)Oc1ccc([N+](=O)[O-])c2ncccc12. The quantitative estimate of drug-likeness (QED) is 0.618. The molecular weight excluding hydrogens is 260 g/mol. The van der Waals surface area contributed by atoms with Crippen molar-refractivity contribution in [3.8, 4) is 5.75 Å². The first-order valence-corrected chi connectivity index (χ1v) is 6.17. The Kier molecular flexibility index (Phi) is 3.93. The zero-order valence-corrected chi connectivity index (χ0v) is 11.2. The number of carbonyl (C=O) groups excluding carboxylic acids is 1. The maximum absolute atomic E-state index is 11.1. The van der Waals surface area contributed by atoms with Gasteiger partial charge < -0.3 is 4.74 Å². The summed E-state index contributed by atoms with van der Waals surface area (Å²) in [5.41, 5.74) is 0.220. The topological polar surface area (TPSA) is 82.3 Å². The first-order chi connectivity index (χ1) is 9.49. The second kappa shape index (κ2) is 5.64. The minimum absolute atomic E-state index is 0.0295. The number of hydrogen-bond donors (Lipinski definition) is 0. The van der Waals surface area contributed by atoms with Crippen LogP contribution in [0.25, 0.3) is 10.9 Å². The van der Waals surface area contributed by atoms with Crippen molar-refractivity contribution in [3.05, 3.63) is 40.6 Å². The highest BCUT2D eigenvalue weighted by atomic mass is 16.6. The number of ether oxygens (including phenoxy) is 1. The van der Waals surface area contributed by atoms with Gasteiger partial charge >= 0.3 is 0 Å². The summed E-state index contributed by atoms with van der Waals surface area (Å²) in [6, 6.07) is 6.31. The normalized spacial score (nSPS) is 12.1. The first-order valence-electron chi connectivity index (χ1n) is 6.17. The lowest BCUT2D eigenvalue weighted by Crippen LogP contribution is -2.15. The smallest absolute Gasteiger partial charge is 0.295 e. The van der Waals surface area contributed by atoms with Crippen molar-refractivity contribution in [1.82, 2.24) is 4.98 Å². The lowest BCUT2D eigenvalue weighted by atomic mass is 10.1. The second-order valence-electron chi connectivity index (χ2n) is 4.57. The van der Waals surface area contributed by atoms with Gasteiger partial charge in [-0.1, -0.05) is 0 Å². The standard InChI is InChI=1S/C14H14N2O4/c1-9(17)8-10(2)20-13-6-5-12(16(18)19)14-11(13)4-3-7-15-14/h3-7,10H,8H2,1-2H3.